The van der Waals surface area contributed by atoms with Crippen LogP contribution in [0, 0.1) is 11.6 Å². The number of carbonyl (C=O) groups excluding carboxylic acids is 1. The SMILES string of the molecule is O=C(CNc1nc(Oc2ccc(F)cc2F)nc2[nH]nc(-c3ccccc3Cl)c12)N1CCOCC1. The summed E-state index contributed by atoms with van der Waals surface area (Å²) in [5.41, 5.74) is 1.37. The van der Waals surface area contributed by atoms with Crippen LogP contribution < -0.4 is 10.1 Å². The van der Waals surface area contributed by atoms with Crippen LogP contribution in [0.15, 0.2) is 42.5 Å². The minimum absolute atomic E-state index is 0.0659. The van der Waals surface area contributed by atoms with Crippen molar-refractivity contribution in [3.05, 3.63) is 59.1 Å². The average Bonchev–Trinajstić information content (AvgIpc) is 3.29. The molecule has 1 amide bonds. The van der Waals surface area contributed by atoms with Gasteiger partial charge in [0, 0.05) is 24.7 Å². The Bertz CT molecular complexity index is 1390. The summed E-state index contributed by atoms with van der Waals surface area (Å²) in [5.74, 6) is -1.82. The first-order valence-corrected chi connectivity index (χ1v) is 11.1. The first-order chi connectivity index (χ1) is 17.0. The zero-order valence-electron chi connectivity index (χ0n) is 18.2. The van der Waals surface area contributed by atoms with Crippen molar-refractivity contribution in [3.8, 4) is 23.0 Å². The highest BCUT2D eigenvalue weighted by atomic mass is 35.5. The molecule has 180 valence electrons. The highest BCUT2D eigenvalue weighted by Gasteiger charge is 2.22. The number of hydrogen-bond donors (Lipinski definition) is 2. The highest BCUT2D eigenvalue weighted by Crippen LogP contribution is 2.36. The van der Waals surface area contributed by atoms with Crippen LogP contribution in [-0.4, -0.2) is 63.8 Å². The predicted octanol–water partition coefficient (Wildman–Crippen LogP) is 4.01. The second-order valence-corrected chi connectivity index (χ2v) is 8.06. The maximum atomic E-state index is 14.1. The maximum Gasteiger partial charge on any atom is 0.326 e. The molecule has 12 heteroatoms. The Labute approximate surface area is 203 Å². The number of nitrogens with one attached hydrogen (secondary N) is 2. The summed E-state index contributed by atoms with van der Waals surface area (Å²) in [6, 6.07) is 9.78. The molecule has 0 atom stereocenters. The number of carbonyl (C=O) groups is 1. The number of H-pyrrole nitrogens is 1. The molecule has 1 aliphatic rings. The number of aromatic amines is 1. The van der Waals surface area contributed by atoms with E-state index in [2.05, 4.69) is 25.5 Å². The number of hydrogen-bond acceptors (Lipinski definition) is 7. The fraction of sp³-hybridized carbons (Fsp3) is 0.217. The summed E-state index contributed by atoms with van der Waals surface area (Å²) < 4.78 is 38.2. The summed E-state index contributed by atoms with van der Waals surface area (Å²) in [6.07, 6.45) is 0. The third-order valence-corrected chi connectivity index (χ3v) is 5.72. The standard InChI is InChI=1S/C23H19ClF2N6O3/c24-15-4-2-1-3-14(15)20-19-21(27-12-18(33)32-7-9-34-10-8-32)28-23(29-22(19)31-30-20)35-17-6-5-13(25)11-16(17)26/h1-6,11H,7-10,12H2,(H2,27,28,29,30,31). The molecular formula is C23H19ClF2N6O3. The van der Waals surface area contributed by atoms with Crippen LogP contribution in [0.1, 0.15) is 0 Å². The molecule has 1 aliphatic heterocycles. The number of ether oxygens (including phenoxy) is 2. The van der Waals surface area contributed by atoms with E-state index >= 15 is 0 Å². The van der Waals surface area contributed by atoms with Crippen molar-refractivity contribution in [2.24, 2.45) is 0 Å². The van der Waals surface area contributed by atoms with E-state index in [-0.39, 0.29) is 35.7 Å². The topological polar surface area (TPSA) is 105 Å². The summed E-state index contributed by atoms with van der Waals surface area (Å²) in [4.78, 5) is 23.0. The van der Waals surface area contributed by atoms with Gasteiger partial charge in [-0.1, -0.05) is 29.8 Å². The van der Waals surface area contributed by atoms with Gasteiger partial charge < -0.3 is 19.7 Å². The van der Waals surface area contributed by atoms with Gasteiger partial charge >= 0.3 is 6.01 Å². The number of amides is 1. The van der Waals surface area contributed by atoms with Crippen LogP contribution in [0.4, 0.5) is 14.6 Å². The smallest absolute Gasteiger partial charge is 0.326 e. The van der Waals surface area contributed by atoms with Gasteiger partial charge in [-0.3, -0.25) is 9.89 Å². The van der Waals surface area contributed by atoms with Gasteiger partial charge in [-0.2, -0.15) is 15.1 Å². The molecule has 5 rings (SSSR count). The average molecular weight is 501 g/mol. The summed E-state index contributed by atoms with van der Waals surface area (Å²) in [5, 5.41) is 11.1. The van der Waals surface area contributed by atoms with Crippen molar-refractivity contribution in [1.29, 1.82) is 0 Å². The third kappa shape index (κ3) is 4.86. The van der Waals surface area contributed by atoms with Crippen molar-refractivity contribution in [3.63, 3.8) is 0 Å². The third-order valence-electron chi connectivity index (χ3n) is 5.39. The second kappa shape index (κ2) is 9.80. The van der Waals surface area contributed by atoms with Crippen LogP contribution in [0.2, 0.25) is 5.02 Å². The van der Waals surface area contributed by atoms with E-state index in [1.807, 2.05) is 6.07 Å². The number of morpholine rings is 1. The Hall–Kier alpha value is -3.83. The molecule has 3 heterocycles. The van der Waals surface area contributed by atoms with Gasteiger partial charge in [0.05, 0.1) is 30.2 Å². The van der Waals surface area contributed by atoms with Crippen LogP contribution in [0.5, 0.6) is 11.8 Å². The molecule has 0 radical (unpaired) electrons. The van der Waals surface area contributed by atoms with Gasteiger partial charge in [0.15, 0.2) is 17.2 Å². The normalized spacial score (nSPS) is 13.7. The lowest BCUT2D eigenvalue weighted by atomic mass is 10.1. The van der Waals surface area contributed by atoms with Crippen LogP contribution >= 0.6 is 11.6 Å². The van der Waals surface area contributed by atoms with Gasteiger partial charge in [-0.25, -0.2) is 8.78 Å². The molecule has 1 fully saturated rings. The fourth-order valence-electron chi connectivity index (χ4n) is 3.67. The molecule has 2 aromatic carbocycles. The van der Waals surface area contributed by atoms with Gasteiger partial charge in [0.2, 0.25) is 5.91 Å². The van der Waals surface area contributed by atoms with E-state index < -0.39 is 11.6 Å². The lowest BCUT2D eigenvalue weighted by molar-refractivity contribution is -0.133. The number of rotatable bonds is 6. The summed E-state index contributed by atoms with van der Waals surface area (Å²) in [7, 11) is 0. The van der Waals surface area contributed by atoms with Crippen molar-refractivity contribution >= 4 is 34.4 Å². The zero-order chi connectivity index (χ0) is 24.4. The van der Waals surface area contributed by atoms with Gasteiger partial charge in [-0.15, -0.1) is 0 Å². The van der Waals surface area contributed by atoms with E-state index in [0.29, 0.717) is 54.0 Å². The molecule has 0 saturated carbocycles. The highest BCUT2D eigenvalue weighted by molar-refractivity contribution is 6.33. The molecule has 2 N–H and O–H groups in total. The summed E-state index contributed by atoms with van der Waals surface area (Å²) >= 11 is 6.38. The van der Waals surface area contributed by atoms with E-state index in [9.17, 15) is 13.6 Å². The second-order valence-electron chi connectivity index (χ2n) is 7.65. The lowest BCUT2D eigenvalue weighted by Crippen LogP contribution is -2.43. The van der Waals surface area contributed by atoms with E-state index in [1.54, 1.807) is 23.1 Å². The monoisotopic (exact) mass is 500 g/mol. The largest absolute Gasteiger partial charge is 0.421 e. The Morgan fingerprint density at radius 1 is 1.17 bits per heavy atom. The molecule has 0 spiro atoms. The number of aromatic nitrogens is 4. The fourth-order valence-corrected chi connectivity index (χ4v) is 3.90. The lowest BCUT2D eigenvalue weighted by Gasteiger charge is -2.27. The minimum Gasteiger partial charge on any atom is -0.421 e. The number of nitrogens with zero attached hydrogens (tertiary/aromatic N) is 4. The molecule has 2 aromatic heterocycles. The van der Waals surface area contributed by atoms with Crippen LogP contribution in [0.3, 0.4) is 0 Å². The van der Waals surface area contributed by atoms with Crippen molar-refractivity contribution < 1.29 is 23.0 Å². The minimum atomic E-state index is -0.910. The molecule has 35 heavy (non-hydrogen) atoms. The molecule has 0 bridgehead atoms. The quantitative estimate of drug-likeness (QED) is 0.412. The number of fused-ring (bicyclic) bond motifs is 1. The molecular weight excluding hydrogens is 482 g/mol. The molecule has 1 saturated heterocycles. The number of anilines is 1. The first kappa shape index (κ1) is 22.9. The Kier molecular flexibility index (Phi) is 6.43. The van der Waals surface area contributed by atoms with Crippen molar-refractivity contribution in [1.82, 2.24) is 25.1 Å². The molecule has 0 aliphatic carbocycles. The maximum absolute atomic E-state index is 14.1. The van der Waals surface area contributed by atoms with E-state index in [0.717, 1.165) is 12.1 Å². The Balaban J connectivity index is 1.52. The number of halogens is 3. The Morgan fingerprint density at radius 2 is 1.97 bits per heavy atom. The van der Waals surface area contributed by atoms with Crippen LogP contribution in [0.25, 0.3) is 22.3 Å². The summed E-state index contributed by atoms with van der Waals surface area (Å²) in [6.45, 7) is 1.87. The van der Waals surface area contributed by atoms with Crippen molar-refractivity contribution in [2.45, 2.75) is 0 Å². The van der Waals surface area contributed by atoms with Crippen molar-refractivity contribution in [2.75, 3.05) is 38.2 Å². The van der Waals surface area contributed by atoms with E-state index in [1.165, 1.54) is 0 Å². The van der Waals surface area contributed by atoms with Crippen LogP contribution in [-0.2, 0) is 9.53 Å². The number of benzene rings is 2. The predicted molar refractivity (Wildman–Crippen MR) is 124 cm³/mol. The van der Waals surface area contributed by atoms with Gasteiger partial charge in [0.25, 0.3) is 0 Å². The molecule has 4 aromatic rings. The molecule has 0 unspecified atom stereocenters. The van der Waals surface area contributed by atoms with Gasteiger partial charge in [0.1, 0.15) is 17.3 Å². The van der Waals surface area contributed by atoms with Gasteiger partial charge in [-0.05, 0) is 18.2 Å². The zero-order valence-corrected chi connectivity index (χ0v) is 19.0. The Morgan fingerprint density at radius 3 is 2.74 bits per heavy atom. The molecule has 9 nitrogen and oxygen atoms in total. The first-order valence-electron chi connectivity index (χ1n) is 10.7. The van der Waals surface area contributed by atoms with E-state index in [4.69, 9.17) is 21.1 Å².